The van der Waals surface area contributed by atoms with Gasteiger partial charge < -0.3 is 9.80 Å². The highest BCUT2D eigenvalue weighted by Gasteiger charge is 2.26. The molecule has 1 aromatic rings. The van der Waals surface area contributed by atoms with E-state index in [0.29, 0.717) is 18.5 Å². The van der Waals surface area contributed by atoms with E-state index in [-0.39, 0.29) is 0 Å². The minimum atomic E-state index is 0.314. The Morgan fingerprint density at radius 2 is 2.26 bits per heavy atom. The maximum Gasteiger partial charge on any atom is 0.0638 e. The van der Waals surface area contributed by atoms with E-state index in [1.165, 1.54) is 5.69 Å². The van der Waals surface area contributed by atoms with Gasteiger partial charge in [0.25, 0.3) is 0 Å². The lowest BCUT2D eigenvalue weighted by Gasteiger charge is -2.32. The molecule has 1 aliphatic heterocycles. The van der Waals surface area contributed by atoms with Gasteiger partial charge in [0.2, 0.25) is 0 Å². The number of hydrogen-bond donors (Lipinski definition) is 0. The van der Waals surface area contributed by atoms with Crippen molar-refractivity contribution in [2.75, 3.05) is 25.0 Å². The number of anilines is 1. The van der Waals surface area contributed by atoms with Crippen molar-refractivity contribution in [2.24, 2.45) is 0 Å². The molecule has 1 heterocycles. The van der Waals surface area contributed by atoms with Crippen LogP contribution in [0.1, 0.15) is 19.8 Å². The smallest absolute Gasteiger partial charge is 0.0638 e. The Bertz CT molecular complexity index is 469. The Balaban J connectivity index is 2.24. The molecule has 0 bridgehead atoms. The highest BCUT2D eigenvalue weighted by molar-refractivity contribution is 9.10. The van der Waals surface area contributed by atoms with Crippen LogP contribution in [0.3, 0.4) is 0 Å². The molecule has 1 aromatic carbocycles. The average Bonchev–Trinajstić information content (AvgIpc) is 2.52. The van der Waals surface area contributed by atoms with Crippen molar-refractivity contribution in [1.29, 1.82) is 5.26 Å². The van der Waals surface area contributed by atoms with Gasteiger partial charge in [-0.05, 0) is 38.6 Å². The predicted molar refractivity (Wildman–Crippen MR) is 82.2 cm³/mol. The Morgan fingerprint density at radius 1 is 1.47 bits per heavy atom. The maximum absolute atomic E-state index is 8.99. The molecule has 0 aliphatic carbocycles. The van der Waals surface area contributed by atoms with Gasteiger partial charge in [0, 0.05) is 35.3 Å². The monoisotopic (exact) mass is 321 g/mol. The molecule has 0 aromatic heterocycles. The van der Waals surface area contributed by atoms with E-state index in [4.69, 9.17) is 5.26 Å². The molecule has 2 atom stereocenters. The average molecular weight is 322 g/mol. The Labute approximate surface area is 123 Å². The predicted octanol–water partition coefficient (Wildman–Crippen LogP) is 3.26. The van der Waals surface area contributed by atoms with E-state index < -0.39 is 0 Å². The van der Waals surface area contributed by atoms with Crippen molar-refractivity contribution in [2.45, 2.75) is 31.8 Å². The molecular formula is C15H20BrN3. The summed E-state index contributed by atoms with van der Waals surface area (Å²) in [7, 11) is 2.12. The number of rotatable bonds is 2. The summed E-state index contributed by atoms with van der Waals surface area (Å²) >= 11 is 3.54. The van der Waals surface area contributed by atoms with Crippen molar-refractivity contribution in [1.82, 2.24) is 4.90 Å². The SMILES string of the molecule is CC1CCN(C)C(CC#N)CN1c1cccc(Br)c1. The molecular weight excluding hydrogens is 302 g/mol. The van der Waals surface area contributed by atoms with E-state index in [1.807, 2.05) is 6.07 Å². The number of benzene rings is 1. The van der Waals surface area contributed by atoms with Crippen LogP contribution < -0.4 is 4.90 Å². The summed E-state index contributed by atoms with van der Waals surface area (Å²) in [5.74, 6) is 0. The Hall–Kier alpha value is -1.05. The van der Waals surface area contributed by atoms with Crippen LogP contribution in [0.15, 0.2) is 28.7 Å². The second kappa shape index (κ2) is 6.40. The molecule has 1 saturated heterocycles. The number of nitrogens with zero attached hydrogens (tertiary/aromatic N) is 3. The molecule has 0 radical (unpaired) electrons. The second-order valence-corrected chi connectivity index (χ2v) is 6.18. The molecule has 0 N–H and O–H groups in total. The fraction of sp³-hybridized carbons (Fsp3) is 0.533. The van der Waals surface area contributed by atoms with Crippen LogP contribution in [-0.4, -0.2) is 37.1 Å². The molecule has 1 fully saturated rings. The molecule has 102 valence electrons. The molecule has 2 unspecified atom stereocenters. The first-order valence-electron chi connectivity index (χ1n) is 6.71. The third kappa shape index (κ3) is 3.49. The zero-order chi connectivity index (χ0) is 13.8. The van der Waals surface area contributed by atoms with Gasteiger partial charge in [0.1, 0.15) is 0 Å². The van der Waals surface area contributed by atoms with Crippen molar-refractivity contribution in [3.05, 3.63) is 28.7 Å². The largest absolute Gasteiger partial charge is 0.367 e. The number of hydrogen-bond acceptors (Lipinski definition) is 3. The fourth-order valence-corrected chi connectivity index (χ4v) is 3.00. The van der Waals surface area contributed by atoms with Crippen molar-refractivity contribution in [3.8, 4) is 6.07 Å². The van der Waals surface area contributed by atoms with Gasteiger partial charge in [-0.3, -0.25) is 0 Å². The van der Waals surface area contributed by atoms with Gasteiger partial charge in [0.15, 0.2) is 0 Å². The van der Waals surface area contributed by atoms with Gasteiger partial charge in [-0.15, -0.1) is 0 Å². The summed E-state index contributed by atoms with van der Waals surface area (Å²) in [6.45, 7) is 4.24. The summed E-state index contributed by atoms with van der Waals surface area (Å²) in [6.07, 6.45) is 1.72. The van der Waals surface area contributed by atoms with Gasteiger partial charge >= 0.3 is 0 Å². The zero-order valence-corrected chi connectivity index (χ0v) is 13.1. The first-order chi connectivity index (χ1) is 9.11. The van der Waals surface area contributed by atoms with Crippen LogP contribution in [0.4, 0.5) is 5.69 Å². The van der Waals surface area contributed by atoms with Crippen molar-refractivity contribution >= 4 is 21.6 Å². The number of halogens is 1. The first kappa shape index (κ1) is 14.4. The standard InChI is InChI=1S/C15H20BrN3/c1-12-7-9-18(2)15(6-8-17)11-19(12)14-5-3-4-13(16)10-14/h3-5,10,12,15H,6-7,9,11H2,1-2H3. The van der Waals surface area contributed by atoms with Gasteiger partial charge in [0.05, 0.1) is 12.5 Å². The van der Waals surface area contributed by atoms with Crippen LogP contribution in [-0.2, 0) is 0 Å². The third-order valence-corrected chi connectivity index (χ3v) is 4.42. The van der Waals surface area contributed by atoms with E-state index >= 15 is 0 Å². The minimum Gasteiger partial charge on any atom is -0.367 e. The lowest BCUT2D eigenvalue weighted by atomic mass is 10.1. The van der Waals surface area contributed by atoms with E-state index in [0.717, 1.165) is 24.0 Å². The lowest BCUT2D eigenvalue weighted by Crippen LogP contribution is -2.40. The Kier molecular flexibility index (Phi) is 4.84. The third-order valence-electron chi connectivity index (χ3n) is 3.93. The lowest BCUT2D eigenvalue weighted by molar-refractivity contribution is 0.263. The fourth-order valence-electron chi connectivity index (χ4n) is 2.62. The maximum atomic E-state index is 8.99. The highest BCUT2D eigenvalue weighted by atomic mass is 79.9. The highest BCUT2D eigenvalue weighted by Crippen LogP contribution is 2.26. The van der Waals surface area contributed by atoms with E-state index in [2.05, 4.69) is 64.0 Å². The van der Waals surface area contributed by atoms with Gasteiger partial charge in [-0.25, -0.2) is 0 Å². The van der Waals surface area contributed by atoms with Crippen LogP contribution >= 0.6 is 15.9 Å². The van der Waals surface area contributed by atoms with Crippen LogP contribution in [0.5, 0.6) is 0 Å². The molecule has 4 heteroatoms. The van der Waals surface area contributed by atoms with Gasteiger partial charge in [-0.1, -0.05) is 22.0 Å². The second-order valence-electron chi connectivity index (χ2n) is 5.27. The normalized spacial score (nSPS) is 24.8. The van der Waals surface area contributed by atoms with Crippen molar-refractivity contribution < 1.29 is 0 Å². The summed E-state index contributed by atoms with van der Waals surface area (Å²) in [5, 5.41) is 8.99. The number of nitriles is 1. The summed E-state index contributed by atoms with van der Waals surface area (Å²) < 4.78 is 1.10. The molecule has 1 aliphatic rings. The Morgan fingerprint density at radius 3 is 2.95 bits per heavy atom. The quantitative estimate of drug-likeness (QED) is 0.837. The molecule has 19 heavy (non-hydrogen) atoms. The molecule has 2 rings (SSSR count). The van der Waals surface area contributed by atoms with Crippen LogP contribution in [0.25, 0.3) is 0 Å². The van der Waals surface area contributed by atoms with Crippen LogP contribution in [0.2, 0.25) is 0 Å². The molecule has 0 spiro atoms. The van der Waals surface area contributed by atoms with E-state index in [9.17, 15) is 0 Å². The summed E-state index contributed by atoms with van der Waals surface area (Å²) in [6, 6.07) is 11.6. The molecule has 0 amide bonds. The zero-order valence-electron chi connectivity index (χ0n) is 11.5. The molecule has 0 saturated carbocycles. The van der Waals surface area contributed by atoms with E-state index in [1.54, 1.807) is 0 Å². The topological polar surface area (TPSA) is 30.3 Å². The summed E-state index contributed by atoms with van der Waals surface area (Å²) in [5.41, 5.74) is 1.24. The van der Waals surface area contributed by atoms with Crippen LogP contribution in [0, 0.1) is 11.3 Å². The molecule has 3 nitrogen and oxygen atoms in total. The van der Waals surface area contributed by atoms with Gasteiger partial charge in [-0.2, -0.15) is 5.26 Å². The van der Waals surface area contributed by atoms with Crippen molar-refractivity contribution in [3.63, 3.8) is 0 Å². The summed E-state index contributed by atoms with van der Waals surface area (Å²) in [4.78, 5) is 4.74. The number of likely N-dealkylation sites (N-methyl/N-ethyl adjacent to an activating group) is 1. The minimum absolute atomic E-state index is 0.314. The first-order valence-corrected chi connectivity index (χ1v) is 7.50.